The average Bonchev–Trinajstić information content (AvgIpc) is 2.67. The van der Waals surface area contributed by atoms with E-state index >= 15 is 0 Å². The van der Waals surface area contributed by atoms with Crippen LogP contribution < -0.4 is 33.2 Å². The molecule has 0 fully saturated rings. The summed E-state index contributed by atoms with van der Waals surface area (Å²) in [5.41, 5.74) is 16.0. The van der Waals surface area contributed by atoms with E-state index in [2.05, 4.69) is 33.6 Å². The Morgan fingerprint density at radius 2 is 1.55 bits per heavy atom. The van der Waals surface area contributed by atoms with Crippen LogP contribution in [0.5, 0.6) is 0 Å². The second kappa shape index (κ2) is 14.0. The molecule has 0 spiro atoms. The number of amides is 3. The second-order valence-corrected chi connectivity index (χ2v) is 6.89. The number of nitrogens with one attached hydrogen (secondary N) is 3. The molecule has 0 aromatic carbocycles. The number of aliphatic carboxylic acids is 2. The predicted molar refractivity (Wildman–Crippen MR) is 113 cm³/mol. The first-order chi connectivity index (χ1) is 14.4. The first-order valence-corrected chi connectivity index (χ1v) is 9.79. The number of aliphatic imine (C=N–C) groups is 1. The standard InChI is InChI=1S/C16H29N7O7S/c1-7(21-13(27)8(17)6-31)12(26)22-9(3-2-4-20-16(18)19)14(28)23-10(15(29)30)5-11(24)25/h7-10,31H,2-6,17H2,1H3,(H,21,27)(H,22,26)(H,23,28)(H,24,25)(H,29,30)(H4,18,19,20). The van der Waals surface area contributed by atoms with Crippen LogP contribution in [0.25, 0.3) is 0 Å². The molecule has 11 N–H and O–H groups in total. The van der Waals surface area contributed by atoms with Crippen LogP contribution in [-0.4, -0.2) is 82.3 Å². The number of hydrogen-bond donors (Lipinski definition) is 9. The van der Waals surface area contributed by atoms with Crippen LogP contribution in [0.1, 0.15) is 26.2 Å². The van der Waals surface area contributed by atoms with Gasteiger partial charge >= 0.3 is 11.9 Å². The van der Waals surface area contributed by atoms with Crippen molar-refractivity contribution in [1.82, 2.24) is 16.0 Å². The molecule has 15 heteroatoms. The molecule has 0 aliphatic heterocycles. The maximum absolute atomic E-state index is 12.5. The van der Waals surface area contributed by atoms with Gasteiger partial charge in [-0.2, -0.15) is 12.6 Å². The Morgan fingerprint density at radius 3 is 2.03 bits per heavy atom. The Bertz CT molecular complexity index is 700. The van der Waals surface area contributed by atoms with Gasteiger partial charge in [0.05, 0.1) is 12.5 Å². The molecule has 0 aliphatic rings. The molecule has 176 valence electrons. The highest BCUT2D eigenvalue weighted by molar-refractivity contribution is 7.80. The highest BCUT2D eigenvalue weighted by Crippen LogP contribution is 2.03. The number of guanidine groups is 1. The van der Waals surface area contributed by atoms with Gasteiger partial charge in [-0.25, -0.2) is 4.79 Å². The van der Waals surface area contributed by atoms with Gasteiger partial charge in [0, 0.05) is 12.3 Å². The first-order valence-electron chi connectivity index (χ1n) is 9.16. The summed E-state index contributed by atoms with van der Waals surface area (Å²) >= 11 is 3.89. The Kier molecular flexibility index (Phi) is 12.6. The van der Waals surface area contributed by atoms with E-state index in [-0.39, 0.29) is 31.1 Å². The van der Waals surface area contributed by atoms with Gasteiger partial charge in [0.25, 0.3) is 0 Å². The van der Waals surface area contributed by atoms with E-state index in [4.69, 9.17) is 27.4 Å². The van der Waals surface area contributed by atoms with Crippen LogP contribution in [0.4, 0.5) is 0 Å². The number of nitrogens with zero attached hydrogens (tertiary/aromatic N) is 1. The third kappa shape index (κ3) is 11.6. The van der Waals surface area contributed by atoms with Crippen LogP contribution in [0.3, 0.4) is 0 Å². The topological polar surface area (TPSA) is 252 Å². The highest BCUT2D eigenvalue weighted by Gasteiger charge is 2.29. The lowest BCUT2D eigenvalue weighted by molar-refractivity contribution is -0.147. The molecule has 0 rings (SSSR count). The third-order valence-electron chi connectivity index (χ3n) is 3.86. The maximum atomic E-state index is 12.5. The minimum absolute atomic E-state index is 0.00455. The molecule has 0 aromatic rings. The maximum Gasteiger partial charge on any atom is 0.326 e. The zero-order valence-electron chi connectivity index (χ0n) is 16.9. The minimum Gasteiger partial charge on any atom is -0.481 e. The molecule has 3 amide bonds. The lowest BCUT2D eigenvalue weighted by Crippen LogP contribution is -2.56. The summed E-state index contributed by atoms with van der Waals surface area (Å²) in [5, 5.41) is 24.7. The van der Waals surface area contributed by atoms with E-state index in [1.165, 1.54) is 6.92 Å². The lowest BCUT2D eigenvalue weighted by Gasteiger charge is -2.23. The minimum atomic E-state index is -1.70. The highest BCUT2D eigenvalue weighted by atomic mass is 32.1. The molecule has 0 radical (unpaired) electrons. The molecule has 14 nitrogen and oxygen atoms in total. The van der Waals surface area contributed by atoms with Gasteiger partial charge in [-0.15, -0.1) is 0 Å². The number of carboxylic acid groups (broad SMARTS) is 2. The molecule has 0 aliphatic carbocycles. The average molecular weight is 464 g/mol. The first kappa shape index (κ1) is 27.9. The SMILES string of the molecule is CC(NC(=O)C(N)CS)C(=O)NC(CCCN=C(N)N)C(=O)NC(CC(=O)O)C(=O)O. The van der Waals surface area contributed by atoms with E-state index in [9.17, 15) is 24.0 Å². The number of nitrogens with two attached hydrogens (primary N) is 3. The molecule has 0 bridgehead atoms. The molecule has 0 aromatic heterocycles. The van der Waals surface area contributed by atoms with Crippen molar-refractivity contribution in [2.24, 2.45) is 22.2 Å². The Balaban J connectivity index is 5.25. The van der Waals surface area contributed by atoms with Gasteiger partial charge in [-0.3, -0.25) is 24.2 Å². The molecule has 0 heterocycles. The fourth-order valence-corrected chi connectivity index (χ4v) is 2.35. The number of rotatable bonds is 14. The second-order valence-electron chi connectivity index (χ2n) is 6.53. The van der Waals surface area contributed by atoms with Gasteiger partial charge in [0.2, 0.25) is 17.7 Å². The van der Waals surface area contributed by atoms with Gasteiger partial charge in [0.15, 0.2) is 5.96 Å². The molecular formula is C16H29N7O7S. The van der Waals surface area contributed by atoms with E-state index in [0.717, 1.165) is 0 Å². The van der Waals surface area contributed by atoms with Crippen molar-refractivity contribution in [3.05, 3.63) is 0 Å². The lowest BCUT2D eigenvalue weighted by atomic mass is 10.1. The third-order valence-corrected chi connectivity index (χ3v) is 4.25. The van der Waals surface area contributed by atoms with Crippen molar-refractivity contribution < 1.29 is 34.2 Å². The monoisotopic (exact) mass is 463 g/mol. The summed E-state index contributed by atoms with van der Waals surface area (Å²) in [6, 6.07) is -4.95. The van der Waals surface area contributed by atoms with Crippen LogP contribution in [-0.2, 0) is 24.0 Å². The Hall–Kier alpha value is -3.07. The summed E-state index contributed by atoms with van der Waals surface area (Å²) in [7, 11) is 0. The number of hydrogen-bond acceptors (Lipinski definition) is 8. The predicted octanol–water partition coefficient (Wildman–Crippen LogP) is -3.67. The fourth-order valence-electron chi connectivity index (χ4n) is 2.18. The number of carbonyl (C=O) groups excluding carboxylic acids is 3. The molecule has 4 atom stereocenters. The molecular weight excluding hydrogens is 434 g/mol. The van der Waals surface area contributed by atoms with Gasteiger partial charge in [-0.05, 0) is 19.8 Å². The molecule has 4 unspecified atom stereocenters. The van der Waals surface area contributed by atoms with Crippen LogP contribution in [0.2, 0.25) is 0 Å². The van der Waals surface area contributed by atoms with Crippen molar-refractivity contribution in [3.8, 4) is 0 Å². The summed E-state index contributed by atoms with van der Waals surface area (Å²) in [5.74, 6) is -5.39. The summed E-state index contributed by atoms with van der Waals surface area (Å²) in [6.07, 6.45) is -0.618. The molecule has 31 heavy (non-hydrogen) atoms. The van der Waals surface area contributed by atoms with Crippen molar-refractivity contribution >= 4 is 48.2 Å². The zero-order valence-corrected chi connectivity index (χ0v) is 17.8. The summed E-state index contributed by atoms with van der Waals surface area (Å²) < 4.78 is 0. The van der Waals surface area contributed by atoms with Gasteiger partial charge < -0.3 is 43.4 Å². The van der Waals surface area contributed by atoms with Crippen molar-refractivity contribution in [3.63, 3.8) is 0 Å². The van der Waals surface area contributed by atoms with E-state index in [0.29, 0.717) is 0 Å². The van der Waals surface area contributed by atoms with Crippen molar-refractivity contribution in [2.45, 2.75) is 50.4 Å². The van der Waals surface area contributed by atoms with Crippen molar-refractivity contribution in [2.75, 3.05) is 12.3 Å². The Labute approximate surface area is 183 Å². The number of carbonyl (C=O) groups is 5. The van der Waals surface area contributed by atoms with Crippen molar-refractivity contribution in [1.29, 1.82) is 0 Å². The number of carboxylic acids is 2. The Morgan fingerprint density at radius 1 is 0.968 bits per heavy atom. The smallest absolute Gasteiger partial charge is 0.326 e. The van der Waals surface area contributed by atoms with E-state index in [1.807, 2.05) is 0 Å². The van der Waals surface area contributed by atoms with E-state index < -0.39 is 60.2 Å². The van der Waals surface area contributed by atoms with Gasteiger partial charge in [0.1, 0.15) is 18.1 Å². The van der Waals surface area contributed by atoms with Crippen LogP contribution >= 0.6 is 12.6 Å². The van der Waals surface area contributed by atoms with Crippen LogP contribution in [0.15, 0.2) is 4.99 Å². The largest absolute Gasteiger partial charge is 0.481 e. The zero-order chi connectivity index (χ0) is 24.1. The van der Waals surface area contributed by atoms with E-state index in [1.54, 1.807) is 0 Å². The molecule has 0 saturated carbocycles. The fraction of sp³-hybridized carbons (Fsp3) is 0.625. The summed E-state index contributed by atoms with van der Waals surface area (Å²) in [6.45, 7) is 1.49. The number of thiol groups is 1. The molecule has 0 saturated heterocycles. The summed E-state index contributed by atoms with van der Waals surface area (Å²) in [4.78, 5) is 62.5. The van der Waals surface area contributed by atoms with Crippen LogP contribution in [0, 0.1) is 0 Å². The van der Waals surface area contributed by atoms with Gasteiger partial charge in [-0.1, -0.05) is 0 Å². The quantitative estimate of drug-likeness (QED) is 0.0528. The normalized spacial score (nSPS) is 14.3.